The average Bonchev–Trinajstić information content (AvgIpc) is 3.25. The molecular formula is C20H27N5O3. The maximum absolute atomic E-state index is 12.7. The molecule has 2 aromatic heterocycles. The molecule has 1 fully saturated rings. The first-order chi connectivity index (χ1) is 13.7. The summed E-state index contributed by atoms with van der Waals surface area (Å²) in [6.07, 6.45) is 9.99. The number of furan rings is 1. The van der Waals surface area contributed by atoms with Crippen molar-refractivity contribution in [3.63, 3.8) is 0 Å². The van der Waals surface area contributed by atoms with E-state index in [2.05, 4.69) is 20.2 Å². The Morgan fingerprint density at radius 2 is 2.07 bits per heavy atom. The van der Waals surface area contributed by atoms with Crippen molar-refractivity contribution in [1.29, 1.82) is 0 Å². The van der Waals surface area contributed by atoms with E-state index >= 15 is 0 Å². The van der Waals surface area contributed by atoms with Gasteiger partial charge in [-0.3, -0.25) is 14.6 Å². The van der Waals surface area contributed by atoms with Crippen molar-refractivity contribution in [2.75, 3.05) is 32.7 Å². The highest BCUT2D eigenvalue weighted by atomic mass is 16.3. The monoisotopic (exact) mass is 385 g/mol. The highest BCUT2D eigenvalue weighted by Gasteiger charge is 2.20. The smallest absolute Gasteiger partial charge is 0.274 e. The summed E-state index contributed by atoms with van der Waals surface area (Å²) in [5, 5.41) is 2.95. The Labute approximate surface area is 164 Å². The molecule has 2 aromatic rings. The molecule has 0 atom stereocenters. The van der Waals surface area contributed by atoms with Crippen molar-refractivity contribution in [3.05, 3.63) is 48.4 Å². The van der Waals surface area contributed by atoms with Gasteiger partial charge in [0.25, 0.3) is 5.91 Å². The van der Waals surface area contributed by atoms with E-state index in [1.165, 1.54) is 37.9 Å². The van der Waals surface area contributed by atoms with Crippen molar-refractivity contribution >= 4 is 11.8 Å². The predicted octanol–water partition coefficient (Wildman–Crippen LogP) is 1.70. The zero-order valence-electron chi connectivity index (χ0n) is 16.0. The molecule has 3 rings (SSSR count). The zero-order valence-corrected chi connectivity index (χ0v) is 16.0. The highest BCUT2D eigenvalue weighted by molar-refractivity contribution is 5.92. The molecule has 0 radical (unpaired) electrons. The molecule has 0 aromatic carbocycles. The lowest BCUT2D eigenvalue weighted by atomic mass is 10.1. The van der Waals surface area contributed by atoms with Gasteiger partial charge in [0, 0.05) is 38.4 Å². The Bertz CT molecular complexity index is 730. The Morgan fingerprint density at radius 1 is 1.21 bits per heavy atom. The number of likely N-dealkylation sites (tertiary alicyclic amines) is 1. The van der Waals surface area contributed by atoms with Crippen molar-refractivity contribution in [3.8, 4) is 0 Å². The summed E-state index contributed by atoms with van der Waals surface area (Å²) in [6, 6.07) is 3.57. The first-order valence-corrected chi connectivity index (χ1v) is 9.79. The van der Waals surface area contributed by atoms with Gasteiger partial charge in [-0.1, -0.05) is 6.42 Å². The molecule has 3 heterocycles. The number of hydrogen-bond donors (Lipinski definition) is 1. The Morgan fingerprint density at radius 3 is 2.79 bits per heavy atom. The van der Waals surface area contributed by atoms with E-state index < -0.39 is 0 Å². The second-order valence-corrected chi connectivity index (χ2v) is 6.90. The predicted molar refractivity (Wildman–Crippen MR) is 103 cm³/mol. The van der Waals surface area contributed by atoms with Crippen molar-refractivity contribution in [1.82, 2.24) is 25.1 Å². The van der Waals surface area contributed by atoms with Gasteiger partial charge in [0.15, 0.2) is 0 Å². The van der Waals surface area contributed by atoms with Crippen LogP contribution in [0.4, 0.5) is 0 Å². The summed E-state index contributed by atoms with van der Waals surface area (Å²) in [4.78, 5) is 36.9. The van der Waals surface area contributed by atoms with Gasteiger partial charge in [0.1, 0.15) is 11.5 Å². The fraction of sp³-hybridized carbons (Fsp3) is 0.500. The van der Waals surface area contributed by atoms with E-state index in [1.807, 2.05) is 0 Å². The first-order valence-electron chi connectivity index (χ1n) is 9.79. The number of rotatable bonds is 9. The number of carbonyl (C=O) groups excluding carboxylic acids is 2. The first kappa shape index (κ1) is 20.0. The van der Waals surface area contributed by atoms with Crippen LogP contribution in [0.5, 0.6) is 0 Å². The van der Waals surface area contributed by atoms with Crippen molar-refractivity contribution < 1.29 is 14.0 Å². The normalized spacial score (nSPS) is 14.6. The van der Waals surface area contributed by atoms with Crippen LogP contribution in [-0.2, 0) is 11.3 Å². The quantitative estimate of drug-likeness (QED) is 0.706. The molecule has 0 bridgehead atoms. The summed E-state index contributed by atoms with van der Waals surface area (Å²) in [6.45, 7) is 4.30. The molecule has 1 N–H and O–H groups in total. The van der Waals surface area contributed by atoms with Gasteiger partial charge in [0.2, 0.25) is 5.91 Å². The maximum atomic E-state index is 12.7. The number of piperidine rings is 1. The lowest BCUT2D eigenvalue weighted by Crippen LogP contribution is -2.39. The van der Waals surface area contributed by atoms with E-state index in [0.29, 0.717) is 12.3 Å². The van der Waals surface area contributed by atoms with Gasteiger partial charge in [-0.25, -0.2) is 4.98 Å². The minimum absolute atomic E-state index is 0.0617. The van der Waals surface area contributed by atoms with Gasteiger partial charge in [-0.2, -0.15) is 0 Å². The van der Waals surface area contributed by atoms with Crippen molar-refractivity contribution in [2.24, 2.45) is 0 Å². The second-order valence-electron chi connectivity index (χ2n) is 6.90. The Kier molecular flexibility index (Phi) is 7.54. The molecule has 2 amide bonds. The maximum Gasteiger partial charge on any atom is 0.274 e. The van der Waals surface area contributed by atoms with E-state index in [0.717, 1.165) is 19.6 Å². The molecule has 150 valence electrons. The summed E-state index contributed by atoms with van der Waals surface area (Å²) in [7, 11) is 0. The highest BCUT2D eigenvalue weighted by Crippen LogP contribution is 2.10. The summed E-state index contributed by atoms with van der Waals surface area (Å²) in [5.74, 6) is 0.321. The lowest BCUT2D eigenvalue weighted by Gasteiger charge is -2.26. The van der Waals surface area contributed by atoms with Gasteiger partial charge >= 0.3 is 0 Å². The van der Waals surface area contributed by atoms with E-state index in [4.69, 9.17) is 4.42 Å². The standard InChI is InChI=1S/C20H27N5O3/c26-19(23-9-13-24-10-2-1-3-11-24)6-12-25(16-17-5-4-14-28-17)20(27)18-15-21-7-8-22-18/h4-5,7-8,14-15H,1-3,6,9-13,16H2,(H,23,26). The van der Waals surface area contributed by atoms with Gasteiger partial charge < -0.3 is 19.5 Å². The van der Waals surface area contributed by atoms with E-state index in [9.17, 15) is 9.59 Å². The third kappa shape index (κ3) is 6.16. The number of nitrogens with one attached hydrogen (secondary N) is 1. The third-order valence-electron chi connectivity index (χ3n) is 4.80. The number of carbonyl (C=O) groups is 2. The van der Waals surface area contributed by atoms with Crippen LogP contribution >= 0.6 is 0 Å². The largest absolute Gasteiger partial charge is 0.467 e. The van der Waals surface area contributed by atoms with Crippen LogP contribution < -0.4 is 5.32 Å². The van der Waals surface area contributed by atoms with E-state index in [1.54, 1.807) is 23.3 Å². The van der Waals surface area contributed by atoms with Crippen LogP contribution in [-0.4, -0.2) is 64.3 Å². The lowest BCUT2D eigenvalue weighted by molar-refractivity contribution is -0.121. The molecule has 0 aliphatic carbocycles. The molecule has 0 saturated carbocycles. The van der Waals surface area contributed by atoms with Crippen LogP contribution in [0, 0.1) is 0 Å². The summed E-state index contributed by atoms with van der Waals surface area (Å²) < 4.78 is 5.35. The minimum atomic E-state index is -0.273. The molecule has 0 spiro atoms. The van der Waals surface area contributed by atoms with Gasteiger partial charge in [0.05, 0.1) is 19.0 Å². The van der Waals surface area contributed by atoms with Gasteiger partial charge in [-0.05, 0) is 38.1 Å². The van der Waals surface area contributed by atoms with Crippen LogP contribution in [0.25, 0.3) is 0 Å². The fourth-order valence-electron chi connectivity index (χ4n) is 3.28. The molecule has 1 aliphatic heterocycles. The molecule has 8 nitrogen and oxygen atoms in total. The molecule has 0 unspecified atom stereocenters. The molecule has 8 heteroatoms. The van der Waals surface area contributed by atoms with Crippen molar-refractivity contribution in [2.45, 2.75) is 32.2 Å². The fourth-order valence-corrected chi connectivity index (χ4v) is 3.28. The van der Waals surface area contributed by atoms with E-state index in [-0.39, 0.29) is 37.0 Å². The molecule has 1 saturated heterocycles. The topological polar surface area (TPSA) is 91.6 Å². The number of hydrogen-bond acceptors (Lipinski definition) is 6. The number of aromatic nitrogens is 2. The van der Waals surface area contributed by atoms with Crippen LogP contribution in [0.2, 0.25) is 0 Å². The molecule has 1 aliphatic rings. The SMILES string of the molecule is O=C(CCN(Cc1ccco1)C(=O)c1cnccn1)NCCN1CCCCC1. The van der Waals surface area contributed by atoms with Crippen LogP contribution in [0.15, 0.2) is 41.4 Å². The third-order valence-corrected chi connectivity index (χ3v) is 4.80. The Balaban J connectivity index is 1.49. The number of nitrogens with zero attached hydrogens (tertiary/aromatic N) is 4. The Hall–Kier alpha value is -2.74. The molecule has 28 heavy (non-hydrogen) atoms. The summed E-state index contributed by atoms with van der Waals surface area (Å²) >= 11 is 0. The van der Waals surface area contributed by atoms with Crippen LogP contribution in [0.1, 0.15) is 41.9 Å². The molecular weight excluding hydrogens is 358 g/mol. The second kappa shape index (κ2) is 10.6. The zero-order chi connectivity index (χ0) is 19.6. The van der Waals surface area contributed by atoms with Crippen LogP contribution in [0.3, 0.4) is 0 Å². The summed E-state index contributed by atoms with van der Waals surface area (Å²) in [5.41, 5.74) is 0.250. The minimum Gasteiger partial charge on any atom is -0.467 e. The average molecular weight is 385 g/mol. The van der Waals surface area contributed by atoms with Gasteiger partial charge in [-0.15, -0.1) is 0 Å². The number of amides is 2.